The molecular formula is C15H11BrCl2O2. The van der Waals surface area contributed by atoms with Crippen molar-refractivity contribution in [3.63, 3.8) is 0 Å². The van der Waals surface area contributed by atoms with Gasteiger partial charge in [0, 0.05) is 10.6 Å². The van der Waals surface area contributed by atoms with Crippen LogP contribution in [0.15, 0.2) is 42.5 Å². The van der Waals surface area contributed by atoms with Gasteiger partial charge in [0.05, 0.1) is 5.02 Å². The van der Waals surface area contributed by atoms with Gasteiger partial charge in [-0.1, -0.05) is 35.3 Å². The number of ether oxygens (including phenoxy) is 1. The largest absolute Gasteiger partial charge is 0.471 e. The summed E-state index contributed by atoms with van der Waals surface area (Å²) in [5, 5.41) is -0.0138. The van der Waals surface area contributed by atoms with Gasteiger partial charge in [-0.25, -0.2) is 0 Å². The Labute approximate surface area is 135 Å². The lowest BCUT2D eigenvalue weighted by molar-refractivity contribution is 0.0897. The highest BCUT2D eigenvalue weighted by molar-refractivity contribution is 9.09. The van der Waals surface area contributed by atoms with Gasteiger partial charge in [0.15, 0.2) is 0 Å². The molecule has 0 N–H and O–H groups in total. The Hall–Kier alpha value is -1.03. The monoisotopic (exact) mass is 372 g/mol. The Morgan fingerprint density at radius 2 is 1.95 bits per heavy atom. The van der Waals surface area contributed by atoms with Crippen LogP contribution in [0, 0.1) is 6.92 Å². The molecule has 20 heavy (non-hydrogen) atoms. The SMILES string of the molecule is Cc1cccc(OC(Br)C(=O)c2ccc(Cl)cc2Cl)c1. The van der Waals surface area contributed by atoms with Crippen LogP contribution in [-0.4, -0.2) is 10.8 Å². The second kappa shape index (κ2) is 6.61. The Kier molecular flexibility index (Phi) is 5.08. The molecule has 2 aromatic rings. The summed E-state index contributed by atoms with van der Waals surface area (Å²) >= 11 is 15.1. The number of carbonyl (C=O) groups is 1. The van der Waals surface area contributed by atoms with Crippen molar-refractivity contribution in [1.29, 1.82) is 0 Å². The lowest BCUT2D eigenvalue weighted by Gasteiger charge is -2.13. The van der Waals surface area contributed by atoms with Crippen LogP contribution in [0.4, 0.5) is 0 Å². The Balaban J connectivity index is 2.16. The van der Waals surface area contributed by atoms with E-state index in [1.165, 1.54) is 6.07 Å². The minimum absolute atomic E-state index is 0.256. The summed E-state index contributed by atoms with van der Waals surface area (Å²) in [6, 6.07) is 12.2. The Morgan fingerprint density at radius 3 is 2.60 bits per heavy atom. The molecular weight excluding hydrogens is 363 g/mol. The molecule has 2 rings (SSSR count). The van der Waals surface area contributed by atoms with E-state index in [1.807, 2.05) is 25.1 Å². The number of hydrogen-bond acceptors (Lipinski definition) is 2. The zero-order valence-corrected chi connectivity index (χ0v) is 13.7. The number of hydrogen-bond donors (Lipinski definition) is 0. The van der Waals surface area contributed by atoms with Gasteiger partial charge < -0.3 is 4.74 Å². The van der Waals surface area contributed by atoms with E-state index >= 15 is 0 Å². The van der Waals surface area contributed by atoms with E-state index < -0.39 is 5.01 Å². The van der Waals surface area contributed by atoms with Gasteiger partial charge in [-0.05, 0) is 58.7 Å². The van der Waals surface area contributed by atoms with Crippen molar-refractivity contribution in [2.75, 3.05) is 0 Å². The van der Waals surface area contributed by atoms with Gasteiger partial charge in [-0.3, -0.25) is 4.79 Å². The first-order chi connectivity index (χ1) is 9.47. The first-order valence-electron chi connectivity index (χ1n) is 5.84. The molecule has 0 aliphatic heterocycles. The number of halogens is 3. The molecule has 0 radical (unpaired) electrons. The van der Waals surface area contributed by atoms with Crippen molar-refractivity contribution in [2.24, 2.45) is 0 Å². The predicted octanol–water partition coefficient (Wildman–Crippen LogP) is 5.28. The molecule has 5 heteroatoms. The molecule has 0 aromatic heterocycles. The van der Waals surface area contributed by atoms with Crippen LogP contribution >= 0.6 is 39.1 Å². The Bertz CT molecular complexity index is 644. The smallest absolute Gasteiger partial charge is 0.215 e. The molecule has 0 fully saturated rings. The van der Waals surface area contributed by atoms with Crippen LogP contribution in [-0.2, 0) is 0 Å². The highest BCUT2D eigenvalue weighted by atomic mass is 79.9. The lowest BCUT2D eigenvalue weighted by Crippen LogP contribution is -2.21. The van der Waals surface area contributed by atoms with Crippen molar-refractivity contribution >= 4 is 44.9 Å². The molecule has 0 saturated heterocycles. The third-order valence-corrected chi connectivity index (χ3v) is 3.78. The van der Waals surface area contributed by atoms with Gasteiger partial charge in [0.1, 0.15) is 5.75 Å². The number of aryl methyl sites for hydroxylation is 1. The quantitative estimate of drug-likeness (QED) is 0.538. The standard InChI is InChI=1S/C15H11BrCl2O2/c1-9-3-2-4-11(7-9)20-15(16)14(19)12-6-5-10(17)8-13(12)18/h2-8,15H,1H3. The molecule has 0 aliphatic rings. The number of benzene rings is 2. The highest BCUT2D eigenvalue weighted by Crippen LogP contribution is 2.25. The molecule has 0 aliphatic carbocycles. The molecule has 2 aromatic carbocycles. The van der Waals surface area contributed by atoms with E-state index in [9.17, 15) is 4.79 Å². The fourth-order valence-electron chi connectivity index (χ4n) is 1.67. The van der Waals surface area contributed by atoms with Gasteiger partial charge in [0.2, 0.25) is 10.8 Å². The highest BCUT2D eigenvalue weighted by Gasteiger charge is 2.21. The molecule has 0 heterocycles. The van der Waals surface area contributed by atoms with E-state index in [1.54, 1.807) is 18.2 Å². The molecule has 1 unspecified atom stereocenters. The van der Waals surface area contributed by atoms with Crippen LogP contribution in [0.1, 0.15) is 15.9 Å². The van der Waals surface area contributed by atoms with E-state index in [4.69, 9.17) is 27.9 Å². The zero-order chi connectivity index (χ0) is 14.7. The van der Waals surface area contributed by atoms with Crippen molar-refractivity contribution in [2.45, 2.75) is 11.9 Å². The summed E-state index contributed by atoms with van der Waals surface area (Å²) in [6.45, 7) is 1.95. The van der Waals surface area contributed by atoms with Crippen molar-refractivity contribution in [3.05, 3.63) is 63.6 Å². The number of ketones is 1. The average molecular weight is 374 g/mol. The number of Topliss-reactive ketones (excluding diaryl/α,β-unsaturated/α-hetero) is 1. The molecule has 0 spiro atoms. The maximum Gasteiger partial charge on any atom is 0.215 e. The van der Waals surface area contributed by atoms with Gasteiger partial charge in [-0.2, -0.15) is 0 Å². The van der Waals surface area contributed by atoms with Crippen molar-refractivity contribution in [1.82, 2.24) is 0 Å². The number of carbonyl (C=O) groups excluding carboxylic acids is 1. The van der Waals surface area contributed by atoms with E-state index in [0.29, 0.717) is 21.4 Å². The molecule has 2 nitrogen and oxygen atoms in total. The third kappa shape index (κ3) is 3.75. The first kappa shape index (κ1) is 15.4. The molecule has 0 amide bonds. The first-order valence-corrected chi connectivity index (χ1v) is 7.51. The van der Waals surface area contributed by atoms with Crippen LogP contribution in [0.2, 0.25) is 10.0 Å². The summed E-state index contributed by atoms with van der Waals surface area (Å²) in [5.41, 5.74) is 1.42. The normalized spacial score (nSPS) is 12.0. The van der Waals surface area contributed by atoms with Crippen molar-refractivity contribution < 1.29 is 9.53 Å². The van der Waals surface area contributed by atoms with Gasteiger partial charge in [-0.15, -0.1) is 0 Å². The minimum atomic E-state index is -0.803. The van der Waals surface area contributed by atoms with Crippen LogP contribution in [0.25, 0.3) is 0 Å². The average Bonchev–Trinajstić information content (AvgIpc) is 2.38. The second-order valence-corrected chi connectivity index (χ2v) is 5.91. The summed E-state index contributed by atoms with van der Waals surface area (Å²) in [4.78, 5) is 12.3. The molecule has 0 bridgehead atoms. The molecule has 1 atom stereocenters. The van der Waals surface area contributed by atoms with Gasteiger partial charge >= 0.3 is 0 Å². The fraction of sp³-hybridized carbons (Fsp3) is 0.133. The zero-order valence-electron chi connectivity index (χ0n) is 10.6. The summed E-state index contributed by atoms with van der Waals surface area (Å²) in [5.74, 6) is 0.360. The fourth-order valence-corrected chi connectivity index (χ4v) is 2.64. The maximum atomic E-state index is 12.3. The van der Waals surface area contributed by atoms with E-state index in [2.05, 4.69) is 15.9 Å². The van der Waals surface area contributed by atoms with Crippen LogP contribution < -0.4 is 4.74 Å². The summed E-state index contributed by atoms with van der Waals surface area (Å²) < 4.78 is 5.57. The second-order valence-electron chi connectivity index (χ2n) is 4.24. The van der Waals surface area contributed by atoms with Crippen LogP contribution in [0.5, 0.6) is 5.75 Å². The lowest BCUT2D eigenvalue weighted by atomic mass is 10.1. The predicted molar refractivity (Wildman–Crippen MR) is 85.3 cm³/mol. The summed E-state index contributed by atoms with van der Waals surface area (Å²) in [6.07, 6.45) is 0. The summed E-state index contributed by atoms with van der Waals surface area (Å²) in [7, 11) is 0. The maximum absolute atomic E-state index is 12.3. The Morgan fingerprint density at radius 1 is 1.20 bits per heavy atom. The van der Waals surface area contributed by atoms with Crippen molar-refractivity contribution in [3.8, 4) is 5.75 Å². The van der Waals surface area contributed by atoms with E-state index in [-0.39, 0.29) is 5.78 Å². The third-order valence-electron chi connectivity index (χ3n) is 2.63. The molecule has 0 saturated carbocycles. The van der Waals surface area contributed by atoms with E-state index in [0.717, 1.165) is 5.56 Å². The van der Waals surface area contributed by atoms with Crippen LogP contribution in [0.3, 0.4) is 0 Å². The number of rotatable bonds is 4. The number of alkyl halides is 1. The minimum Gasteiger partial charge on any atom is -0.471 e. The molecule has 104 valence electrons. The topological polar surface area (TPSA) is 26.3 Å². The van der Waals surface area contributed by atoms with Gasteiger partial charge in [0.25, 0.3) is 0 Å².